The van der Waals surface area contributed by atoms with Crippen molar-refractivity contribution in [2.24, 2.45) is 5.14 Å². The third kappa shape index (κ3) is 3.01. The fourth-order valence-corrected chi connectivity index (χ4v) is 2.61. The Morgan fingerprint density at radius 2 is 1.74 bits per heavy atom. The van der Waals surface area contributed by atoms with E-state index < -0.39 is 10.0 Å². The van der Waals surface area contributed by atoms with Crippen molar-refractivity contribution in [1.29, 1.82) is 0 Å². The molecular weight excluding hydrogens is 282 g/mol. The van der Waals surface area contributed by atoms with Crippen LogP contribution in [0.5, 0.6) is 0 Å². The van der Waals surface area contributed by atoms with E-state index in [1.54, 1.807) is 36.4 Å². The largest absolute Gasteiger partial charge is 0.397 e. The second-order valence-corrected chi connectivity index (χ2v) is 5.92. The molecule has 0 amide bonds. The molecule has 0 atom stereocenters. The fourth-order valence-electron chi connectivity index (χ4n) is 1.65. The summed E-state index contributed by atoms with van der Waals surface area (Å²) in [5.41, 5.74) is 7.21. The number of thiol groups is 1. The number of nitrogen functional groups attached to an aromatic ring is 1. The number of nitrogens with two attached hydrogens (primary N) is 2. The molecule has 0 aromatic heterocycles. The summed E-state index contributed by atoms with van der Waals surface area (Å²) in [5.74, 6) is 0. The summed E-state index contributed by atoms with van der Waals surface area (Å²) in [6, 6.07) is 11.5. The van der Waals surface area contributed by atoms with Crippen LogP contribution in [0, 0.1) is 0 Å². The summed E-state index contributed by atoms with van der Waals surface area (Å²) in [6.45, 7) is 0. The molecule has 0 fully saturated rings. The third-order valence-corrected chi connectivity index (χ3v) is 3.87. The zero-order valence-electron chi connectivity index (χ0n) is 9.87. The van der Waals surface area contributed by atoms with Gasteiger partial charge in [-0.2, -0.15) is 0 Å². The lowest BCUT2D eigenvalue weighted by Gasteiger charge is -2.14. The molecule has 0 unspecified atom stereocenters. The summed E-state index contributed by atoms with van der Waals surface area (Å²) in [6.07, 6.45) is 0. The topological polar surface area (TPSA) is 98.2 Å². The van der Waals surface area contributed by atoms with Gasteiger partial charge in [0.2, 0.25) is 10.0 Å². The van der Waals surface area contributed by atoms with Gasteiger partial charge < -0.3 is 11.1 Å². The summed E-state index contributed by atoms with van der Waals surface area (Å²) in [5, 5.41) is 8.12. The average molecular weight is 295 g/mol. The molecule has 2 aromatic carbocycles. The van der Waals surface area contributed by atoms with Gasteiger partial charge in [-0.1, -0.05) is 18.2 Å². The van der Waals surface area contributed by atoms with Gasteiger partial charge in [-0.25, -0.2) is 13.6 Å². The molecule has 5 nitrogen and oxygen atoms in total. The number of primary sulfonamides is 1. The van der Waals surface area contributed by atoms with Crippen molar-refractivity contribution in [2.45, 2.75) is 9.79 Å². The molecule has 0 saturated heterocycles. The standard InChI is InChI=1S/C12H13N3O2S2/c13-8-4-3-6-10(18)12(8)15-9-5-1-2-7-11(9)19(14,16)17/h1-7,15,18H,13H2,(H2,14,16,17). The minimum atomic E-state index is -3.81. The van der Waals surface area contributed by atoms with E-state index in [2.05, 4.69) is 17.9 Å². The number of anilines is 3. The highest BCUT2D eigenvalue weighted by Crippen LogP contribution is 2.31. The first-order valence-electron chi connectivity index (χ1n) is 5.36. The smallest absolute Gasteiger partial charge is 0.240 e. The molecule has 2 aromatic rings. The number of hydrogen-bond acceptors (Lipinski definition) is 5. The van der Waals surface area contributed by atoms with Crippen LogP contribution in [0.15, 0.2) is 52.3 Å². The first-order chi connectivity index (χ1) is 8.89. The van der Waals surface area contributed by atoms with E-state index in [9.17, 15) is 8.42 Å². The molecule has 5 N–H and O–H groups in total. The van der Waals surface area contributed by atoms with Crippen molar-refractivity contribution < 1.29 is 8.42 Å². The van der Waals surface area contributed by atoms with Crippen LogP contribution in [-0.4, -0.2) is 8.42 Å². The zero-order chi connectivity index (χ0) is 14.0. The van der Waals surface area contributed by atoms with Crippen LogP contribution in [-0.2, 0) is 10.0 Å². The number of benzene rings is 2. The van der Waals surface area contributed by atoms with Crippen molar-refractivity contribution in [3.8, 4) is 0 Å². The van der Waals surface area contributed by atoms with E-state index in [1.807, 2.05) is 0 Å². The van der Waals surface area contributed by atoms with E-state index in [0.29, 0.717) is 22.0 Å². The normalized spacial score (nSPS) is 11.3. The maximum Gasteiger partial charge on any atom is 0.240 e. The van der Waals surface area contributed by atoms with Crippen molar-refractivity contribution in [1.82, 2.24) is 0 Å². The molecule has 19 heavy (non-hydrogen) atoms. The van der Waals surface area contributed by atoms with Gasteiger partial charge in [0.15, 0.2) is 0 Å². The lowest BCUT2D eigenvalue weighted by Crippen LogP contribution is -2.14. The minimum Gasteiger partial charge on any atom is -0.397 e. The molecule has 0 bridgehead atoms. The van der Waals surface area contributed by atoms with Gasteiger partial charge in [0.05, 0.1) is 17.1 Å². The Labute approximate surface area is 117 Å². The lowest BCUT2D eigenvalue weighted by molar-refractivity contribution is 0.598. The SMILES string of the molecule is Nc1cccc(S)c1Nc1ccccc1S(N)(=O)=O. The Morgan fingerprint density at radius 3 is 2.37 bits per heavy atom. The Morgan fingerprint density at radius 1 is 1.05 bits per heavy atom. The number of rotatable bonds is 3. The van der Waals surface area contributed by atoms with E-state index in [0.717, 1.165) is 0 Å². The van der Waals surface area contributed by atoms with Crippen LogP contribution >= 0.6 is 12.6 Å². The monoisotopic (exact) mass is 295 g/mol. The highest BCUT2D eigenvalue weighted by atomic mass is 32.2. The van der Waals surface area contributed by atoms with E-state index in [1.165, 1.54) is 6.07 Å². The van der Waals surface area contributed by atoms with Gasteiger partial charge in [0.1, 0.15) is 4.90 Å². The highest BCUT2D eigenvalue weighted by Gasteiger charge is 2.14. The Kier molecular flexibility index (Phi) is 3.70. The summed E-state index contributed by atoms with van der Waals surface area (Å²) < 4.78 is 23.0. The van der Waals surface area contributed by atoms with Crippen LogP contribution in [0.4, 0.5) is 17.1 Å². The maximum absolute atomic E-state index is 11.5. The predicted octanol–water partition coefficient (Wildman–Crippen LogP) is 1.95. The molecule has 0 saturated carbocycles. The molecule has 2 rings (SSSR count). The molecule has 0 radical (unpaired) electrons. The lowest BCUT2D eigenvalue weighted by atomic mass is 10.2. The van der Waals surface area contributed by atoms with Crippen LogP contribution < -0.4 is 16.2 Å². The highest BCUT2D eigenvalue weighted by molar-refractivity contribution is 7.89. The van der Waals surface area contributed by atoms with E-state index >= 15 is 0 Å². The molecule has 0 aliphatic heterocycles. The summed E-state index contributed by atoms with van der Waals surface area (Å²) >= 11 is 4.28. The average Bonchev–Trinajstić information content (AvgIpc) is 2.33. The molecular formula is C12H13N3O2S2. The van der Waals surface area contributed by atoms with Crippen molar-refractivity contribution in [3.63, 3.8) is 0 Å². The second-order valence-electron chi connectivity index (χ2n) is 3.91. The molecule has 0 spiro atoms. The number of sulfonamides is 1. The van der Waals surface area contributed by atoms with E-state index in [-0.39, 0.29) is 4.90 Å². The maximum atomic E-state index is 11.5. The van der Waals surface area contributed by atoms with Crippen molar-refractivity contribution in [2.75, 3.05) is 11.1 Å². The Bertz CT molecular complexity index is 694. The van der Waals surface area contributed by atoms with Gasteiger partial charge in [-0.15, -0.1) is 12.6 Å². The molecule has 100 valence electrons. The molecule has 0 heterocycles. The molecule has 7 heteroatoms. The molecule has 0 aliphatic carbocycles. The van der Waals surface area contributed by atoms with Gasteiger partial charge >= 0.3 is 0 Å². The van der Waals surface area contributed by atoms with Gasteiger partial charge in [0.25, 0.3) is 0 Å². The fraction of sp³-hybridized carbons (Fsp3) is 0. The number of nitrogens with one attached hydrogen (secondary N) is 1. The first kappa shape index (κ1) is 13.7. The van der Waals surface area contributed by atoms with Crippen molar-refractivity contribution >= 4 is 39.7 Å². The van der Waals surface area contributed by atoms with Gasteiger partial charge in [0, 0.05) is 4.90 Å². The summed E-state index contributed by atoms with van der Waals surface area (Å²) in [7, 11) is -3.81. The number of para-hydroxylation sites is 2. The van der Waals surface area contributed by atoms with Crippen LogP contribution in [0.3, 0.4) is 0 Å². The zero-order valence-corrected chi connectivity index (χ0v) is 11.6. The molecule has 0 aliphatic rings. The Hall–Kier alpha value is -1.70. The summed E-state index contributed by atoms with van der Waals surface area (Å²) in [4.78, 5) is 0.621. The van der Waals surface area contributed by atoms with Crippen LogP contribution in [0.25, 0.3) is 0 Å². The van der Waals surface area contributed by atoms with Crippen molar-refractivity contribution in [3.05, 3.63) is 42.5 Å². The first-order valence-corrected chi connectivity index (χ1v) is 7.35. The minimum absolute atomic E-state index is 0.00554. The number of hydrogen-bond donors (Lipinski definition) is 4. The second kappa shape index (κ2) is 5.12. The third-order valence-electron chi connectivity index (χ3n) is 2.53. The van der Waals surface area contributed by atoms with Gasteiger partial charge in [-0.05, 0) is 24.3 Å². The predicted molar refractivity (Wildman–Crippen MR) is 79.2 cm³/mol. The quantitative estimate of drug-likeness (QED) is 0.514. The Balaban J connectivity index is 2.51. The van der Waals surface area contributed by atoms with E-state index in [4.69, 9.17) is 10.9 Å². The van der Waals surface area contributed by atoms with Crippen LogP contribution in [0.1, 0.15) is 0 Å². The van der Waals surface area contributed by atoms with Crippen LogP contribution in [0.2, 0.25) is 0 Å². The van der Waals surface area contributed by atoms with Gasteiger partial charge in [-0.3, -0.25) is 0 Å².